The number of amides is 1. The van der Waals surface area contributed by atoms with Gasteiger partial charge in [0.15, 0.2) is 24.1 Å². The monoisotopic (exact) mass is 826 g/mol. The van der Waals surface area contributed by atoms with E-state index in [2.05, 4.69) is 10.6 Å². The number of phenolic OH excluding ortho intramolecular Hbond substituents is 4. The zero-order chi connectivity index (χ0) is 43.1. The van der Waals surface area contributed by atoms with E-state index in [0.717, 1.165) is 18.2 Å². The highest BCUT2D eigenvalue weighted by Gasteiger charge is 2.51. The molecule has 316 valence electrons. The summed E-state index contributed by atoms with van der Waals surface area (Å²) in [6.07, 6.45) is -15.6. The van der Waals surface area contributed by atoms with Gasteiger partial charge in [-0.3, -0.25) is 19.2 Å². The number of ketones is 2. The van der Waals surface area contributed by atoms with E-state index in [1.165, 1.54) is 27.0 Å². The van der Waals surface area contributed by atoms with Crippen LogP contribution in [-0.4, -0.2) is 149 Å². The van der Waals surface area contributed by atoms with Gasteiger partial charge in [-0.2, -0.15) is 0 Å². The van der Waals surface area contributed by atoms with Crippen molar-refractivity contribution in [1.82, 2.24) is 10.6 Å². The Morgan fingerprint density at radius 2 is 1.46 bits per heavy atom. The van der Waals surface area contributed by atoms with Crippen LogP contribution in [0.15, 0.2) is 24.3 Å². The number of hydrogen-bond donors (Lipinski definition) is 12. The molecule has 0 saturated carbocycles. The van der Waals surface area contributed by atoms with Gasteiger partial charge in [0.2, 0.25) is 0 Å². The average Bonchev–Trinajstić information content (AvgIpc) is 3.16. The maximum atomic E-state index is 13.9. The lowest BCUT2D eigenvalue weighted by Gasteiger charge is -2.47. The van der Waals surface area contributed by atoms with Gasteiger partial charge in [0.25, 0.3) is 5.91 Å². The van der Waals surface area contributed by atoms with Crippen molar-refractivity contribution in [2.75, 3.05) is 13.7 Å². The number of aryl methyl sites for hydroxylation is 1. The molecular formula is C39H42N2O18. The highest BCUT2D eigenvalue weighted by atomic mass is 16.7. The number of carboxylic acids is 1. The SMILES string of the molecule is CN[C@@H]1[C@H](O[C@@H]2OC[C@@H](O)[C@H](O)[C@H]2O)[C@@H](O)[C@H](O[C@H]2c3cc(C)c(C(=O)N[C@H](C)C(=O)O)c(O)c3-c3c(cc4c(c3O)C(=O)c3cc(O)cc(O)c3C4=O)[C@@H]2O)O[C@@H]1C. The van der Waals surface area contributed by atoms with Crippen LogP contribution in [0.5, 0.6) is 23.0 Å². The number of phenols is 4. The van der Waals surface area contributed by atoms with Gasteiger partial charge >= 0.3 is 5.97 Å². The summed E-state index contributed by atoms with van der Waals surface area (Å²) in [4.78, 5) is 52.9. The van der Waals surface area contributed by atoms with Crippen LogP contribution in [0.2, 0.25) is 0 Å². The van der Waals surface area contributed by atoms with E-state index >= 15 is 0 Å². The molecule has 2 fully saturated rings. The van der Waals surface area contributed by atoms with Crippen molar-refractivity contribution in [3.63, 3.8) is 0 Å². The number of aliphatic carboxylic acids is 1. The van der Waals surface area contributed by atoms with Crippen molar-refractivity contribution in [3.8, 4) is 34.1 Å². The highest BCUT2D eigenvalue weighted by Crippen LogP contribution is 2.57. The summed E-state index contributed by atoms with van der Waals surface area (Å²) in [7, 11) is 1.53. The molecule has 7 rings (SSSR count). The van der Waals surface area contributed by atoms with Crippen molar-refractivity contribution in [2.24, 2.45) is 0 Å². The molecule has 2 saturated heterocycles. The Kier molecular flexibility index (Phi) is 10.9. The van der Waals surface area contributed by atoms with E-state index in [4.69, 9.17) is 18.9 Å². The number of nitrogens with one attached hydrogen (secondary N) is 2. The molecule has 20 nitrogen and oxygen atoms in total. The van der Waals surface area contributed by atoms with Crippen molar-refractivity contribution in [3.05, 3.63) is 68.8 Å². The number of aromatic hydroxyl groups is 4. The lowest BCUT2D eigenvalue weighted by Crippen LogP contribution is -2.65. The number of carboxylic acid groups (broad SMARTS) is 1. The Morgan fingerprint density at radius 3 is 2.12 bits per heavy atom. The van der Waals surface area contributed by atoms with E-state index in [1.54, 1.807) is 6.92 Å². The number of rotatable bonds is 8. The summed E-state index contributed by atoms with van der Waals surface area (Å²) in [5, 5.41) is 114. The van der Waals surface area contributed by atoms with Gasteiger partial charge in [-0.25, -0.2) is 0 Å². The molecule has 12 atom stereocenters. The lowest BCUT2D eigenvalue weighted by atomic mass is 9.74. The van der Waals surface area contributed by atoms with Gasteiger partial charge < -0.3 is 80.6 Å². The number of hydrogen-bond acceptors (Lipinski definition) is 18. The first-order valence-corrected chi connectivity index (χ1v) is 18.4. The van der Waals surface area contributed by atoms with Gasteiger partial charge in [-0.15, -0.1) is 0 Å². The fourth-order valence-corrected chi connectivity index (χ4v) is 8.19. The number of fused-ring (bicyclic) bond motifs is 5. The number of carbonyl (C=O) groups excluding carboxylic acids is 3. The molecule has 2 aliphatic heterocycles. The van der Waals surface area contributed by atoms with Crippen molar-refractivity contribution in [1.29, 1.82) is 0 Å². The molecule has 4 aliphatic rings. The minimum Gasteiger partial charge on any atom is -0.508 e. The second-order valence-electron chi connectivity index (χ2n) is 14.9. The summed E-state index contributed by atoms with van der Waals surface area (Å²) < 4.78 is 23.7. The standard InChI is InChI=1S/C39H42N2O18/c1-10-5-17-23(30(49)20(10)36(53)41-11(2)37(54)55)22-15(8-16-24(31(22)50)27(46)14-6-13(42)7-18(43)21(14)26(16)45)28(47)34(17)58-39-33(52)35(25(40-4)12(3)57-39)59-38-32(51)29(48)19(44)9-56-38/h5-8,11-12,19,25,28-29,32-35,38-40,42-44,47-52H,9H2,1-4H3,(H,41,53)(H,54,55)/t11-,12-,19-,25+,28+,29+,32-,33-,34+,35+,38+,39+/m1/s1. The first-order valence-electron chi connectivity index (χ1n) is 18.4. The quantitative estimate of drug-likeness (QED) is 0.102. The minimum atomic E-state index is -1.91. The van der Waals surface area contributed by atoms with E-state index in [9.17, 15) is 70.2 Å². The number of ether oxygens (including phenoxy) is 4. The van der Waals surface area contributed by atoms with Crippen molar-refractivity contribution in [2.45, 2.75) is 94.3 Å². The number of benzene rings is 3. The molecule has 59 heavy (non-hydrogen) atoms. The fraction of sp³-hybridized carbons (Fsp3) is 0.436. The zero-order valence-corrected chi connectivity index (χ0v) is 31.7. The molecule has 0 radical (unpaired) electrons. The van der Waals surface area contributed by atoms with Crippen LogP contribution in [0.25, 0.3) is 11.1 Å². The average molecular weight is 827 g/mol. The number of likely N-dealkylation sites (N-methyl/N-ethyl adjacent to an activating group) is 1. The predicted molar refractivity (Wildman–Crippen MR) is 196 cm³/mol. The van der Waals surface area contributed by atoms with Crippen molar-refractivity contribution >= 4 is 23.4 Å². The first-order chi connectivity index (χ1) is 27.8. The molecule has 2 heterocycles. The summed E-state index contributed by atoms with van der Waals surface area (Å²) in [5.41, 5.74) is -3.84. The molecule has 0 aromatic heterocycles. The van der Waals surface area contributed by atoms with E-state index in [1.807, 2.05) is 0 Å². The van der Waals surface area contributed by atoms with Crippen LogP contribution in [0.1, 0.15) is 84.9 Å². The summed E-state index contributed by atoms with van der Waals surface area (Å²) in [5.74, 6) is -7.61. The molecule has 3 aromatic carbocycles. The van der Waals surface area contributed by atoms with Gasteiger partial charge in [-0.1, -0.05) is 6.07 Å². The minimum absolute atomic E-state index is 0.0169. The third-order valence-electron chi connectivity index (χ3n) is 11.2. The second kappa shape index (κ2) is 15.4. The van der Waals surface area contributed by atoms with Gasteiger partial charge in [0.1, 0.15) is 71.8 Å². The van der Waals surface area contributed by atoms with Gasteiger partial charge in [-0.05, 0) is 56.6 Å². The predicted octanol–water partition coefficient (Wildman–Crippen LogP) is -0.915. The molecule has 1 amide bonds. The molecule has 3 aromatic rings. The largest absolute Gasteiger partial charge is 0.508 e. The van der Waals surface area contributed by atoms with E-state index in [0.29, 0.717) is 0 Å². The fourth-order valence-electron chi connectivity index (χ4n) is 8.19. The summed E-state index contributed by atoms with van der Waals surface area (Å²) in [6.45, 7) is 3.71. The number of carbonyl (C=O) groups is 4. The lowest BCUT2D eigenvalue weighted by molar-refractivity contribution is -0.339. The molecule has 20 heteroatoms. The normalized spacial score (nSPS) is 30.4. The van der Waals surface area contributed by atoms with E-state index < -0.39 is 165 Å². The Balaban J connectivity index is 1.36. The molecule has 12 N–H and O–H groups in total. The number of aliphatic hydroxyl groups excluding tert-OH is 5. The van der Waals surface area contributed by atoms with Gasteiger partial charge in [0, 0.05) is 28.3 Å². The van der Waals surface area contributed by atoms with Crippen LogP contribution >= 0.6 is 0 Å². The van der Waals surface area contributed by atoms with Gasteiger partial charge in [0.05, 0.1) is 35.4 Å². The summed E-state index contributed by atoms with van der Waals surface area (Å²) >= 11 is 0. The topological polar surface area (TPSA) is 332 Å². The Morgan fingerprint density at radius 1 is 0.814 bits per heavy atom. The van der Waals surface area contributed by atoms with E-state index in [-0.39, 0.29) is 16.7 Å². The smallest absolute Gasteiger partial charge is 0.325 e. The molecule has 2 aliphatic carbocycles. The highest BCUT2D eigenvalue weighted by molar-refractivity contribution is 6.31. The second-order valence-corrected chi connectivity index (χ2v) is 14.9. The van der Waals surface area contributed by atoms with Crippen LogP contribution < -0.4 is 10.6 Å². The zero-order valence-electron chi connectivity index (χ0n) is 31.7. The van der Waals surface area contributed by atoms with Crippen LogP contribution in [-0.2, 0) is 23.7 Å². The maximum Gasteiger partial charge on any atom is 0.325 e. The Bertz CT molecular complexity index is 2260. The summed E-state index contributed by atoms with van der Waals surface area (Å²) in [6, 6.07) is 1.81. The third kappa shape index (κ3) is 6.76. The van der Waals surface area contributed by atoms with Crippen LogP contribution in [0, 0.1) is 6.92 Å². The Labute approximate surface area is 333 Å². The maximum absolute atomic E-state index is 13.9. The third-order valence-corrected chi connectivity index (χ3v) is 11.2. The van der Waals surface area contributed by atoms with Crippen LogP contribution in [0.4, 0.5) is 0 Å². The van der Waals surface area contributed by atoms with Crippen LogP contribution in [0.3, 0.4) is 0 Å². The number of aliphatic hydroxyl groups is 5. The molecule has 0 spiro atoms. The molecular weight excluding hydrogens is 784 g/mol. The Hall–Kier alpha value is -5.26. The van der Waals surface area contributed by atoms with Crippen molar-refractivity contribution < 1.29 is 89.2 Å². The molecule has 0 bridgehead atoms. The first kappa shape index (κ1) is 41.9. The molecule has 0 unspecified atom stereocenters.